The molecule has 0 saturated heterocycles. The van der Waals surface area contributed by atoms with Crippen molar-refractivity contribution in [3.8, 4) is 0 Å². The van der Waals surface area contributed by atoms with Gasteiger partial charge in [0.2, 0.25) is 0 Å². The number of nitrogens with zero attached hydrogens (tertiary/aromatic N) is 2. The van der Waals surface area contributed by atoms with Crippen molar-refractivity contribution in [2.75, 3.05) is 6.54 Å². The fourth-order valence-corrected chi connectivity index (χ4v) is 2.02. The van der Waals surface area contributed by atoms with Gasteiger partial charge < -0.3 is 9.73 Å². The Balaban J connectivity index is 2.29. The molecular weight excluding hydrogens is 282 g/mol. The van der Waals surface area contributed by atoms with Crippen LogP contribution in [0.4, 0.5) is 0 Å². The second-order valence-electron chi connectivity index (χ2n) is 3.65. The second kappa shape index (κ2) is 5.93. The van der Waals surface area contributed by atoms with Crippen LogP contribution < -0.4 is 5.32 Å². The molecule has 1 atom stereocenters. The number of hydrogen-bond donors (Lipinski definition) is 1. The van der Waals surface area contributed by atoms with E-state index in [0.717, 1.165) is 28.9 Å². The van der Waals surface area contributed by atoms with Gasteiger partial charge in [-0.15, -0.1) is 0 Å². The van der Waals surface area contributed by atoms with Crippen LogP contribution in [0.1, 0.15) is 30.8 Å². The summed E-state index contributed by atoms with van der Waals surface area (Å²) in [6, 6.07) is 1.82. The molecule has 0 spiro atoms. The Morgan fingerprint density at radius 1 is 1.47 bits per heavy atom. The van der Waals surface area contributed by atoms with Gasteiger partial charge >= 0.3 is 0 Å². The Morgan fingerprint density at radius 3 is 2.94 bits per heavy atom. The average molecular weight is 296 g/mol. The smallest absolute Gasteiger partial charge is 0.141 e. The maximum Gasteiger partial charge on any atom is 0.141 e. The quantitative estimate of drug-likeness (QED) is 0.921. The topological polar surface area (TPSA) is 51.0 Å². The minimum atomic E-state index is -0.0620. The van der Waals surface area contributed by atoms with Gasteiger partial charge in [-0.1, -0.05) is 6.92 Å². The van der Waals surface area contributed by atoms with Crippen LogP contribution in [0.3, 0.4) is 0 Å². The van der Waals surface area contributed by atoms with Crippen LogP contribution in [0.15, 0.2) is 39.8 Å². The van der Waals surface area contributed by atoms with Gasteiger partial charge in [0.25, 0.3) is 0 Å². The summed E-state index contributed by atoms with van der Waals surface area (Å²) < 4.78 is 6.44. The van der Waals surface area contributed by atoms with E-state index in [9.17, 15) is 0 Å². The van der Waals surface area contributed by atoms with Gasteiger partial charge in [0.05, 0.1) is 22.6 Å². The number of aromatic nitrogens is 2. The van der Waals surface area contributed by atoms with Crippen LogP contribution in [0.5, 0.6) is 0 Å². The predicted molar refractivity (Wildman–Crippen MR) is 68.6 cm³/mol. The van der Waals surface area contributed by atoms with E-state index in [1.54, 1.807) is 24.9 Å². The average Bonchev–Trinajstić information content (AvgIpc) is 2.78. The lowest BCUT2D eigenvalue weighted by Crippen LogP contribution is -2.24. The molecule has 0 amide bonds. The highest BCUT2D eigenvalue weighted by molar-refractivity contribution is 9.10. The first kappa shape index (κ1) is 12.3. The zero-order valence-electron chi connectivity index (χ0n) is 9.56. The Kier molecular flexibility index (Phi) is 4.28. The fourth-order valence-electron chi connectivity index (χ4n) is 1.59. The van der Waals surface area contributed by atoms with Crippen LogP contribution in [0.25, 0.3) is 0 Å². The molecule has 1 unspecified atom stereocenters. The van der Waals surface area contributed by atoms with Gasteiger partial charge in [-0.25, -0.2) is 0 Å². The molecule has 1 N–H and O–H groups in total. The Hall–Kier alpha value is -1.20. The molecule has 2 aromatic heterocycles. The lowest BCUT2D eigenvalue weighted by molar-refractivity contribution is 0.439. The largest absolute Gasteiger partial charge is 0.466 e. The van der Waals surface area contributed by atoms with E-state index < -0.39 is 0 Å². The molecule has 0 aromatic carbocycles. The van der Waals surface area contributed by atoms with E-state index in [-0.39, 0.29) is 6.04 Å². The van der Waals surface area contributed by atoms with Crippen LogP contribution in [-0.2, 0) is 0 Å². The van der Waals surface area contributed by atoms with Gasteiger partial charge in [-0.05, 0) is 35.0 Å². The molecule has 0 fully saturated rings. The molecule has 2 rings (SSSR count). The van der Waals surface area contributed by atoms with Crippen molar-refractivity contribution in [3.05, 3.63) is 46.8 Å². The second-order valence-corrected chi connectivity index (χ2v) is 4.50. The van der Waals surface area contributed by atoms with Crippen molar-refractivity contribution in [2.45, 2.75) is 19.4 Å². The molecule has 0 saturated carbocycles. The van der Waals surface area contributed by atoms with Gasteiger partial charge in [0.1, 0.15) is 11.8 Å². The van der Waals surface area contributed by atoms with Crippen molar-refractivity contribution < 1.29 is 4.42 Å². The van der Waals surface area contributed by atoms with Crippen molar-refractivity contribution in [2.24, 2.45) is 0 Å². The van der Waals surface area contributed by atoms with E-state index in [1.165, 1.54) is 0 Å². The first-order valence-electron chi connectivity index (χ1n) is 5.55. The maximum atomic E-state index is 5.50. The van der Waals surface area contributed by atoms with E-state index in [2.05, 4.69) is 38.1 Å². The molecule has 0 aliphatic heterocycles. The van der Waals surface area contributed by atoms with E-state index in [4.69, 9.17) is 4.42 Å². The van der Waals surface area contributed by atoms with Gasteiger partial charge in [0, 0.05) is 12.4 Å². The molecule has 0 aliphatic carbocycles. The molecule has 90 valence electrons. The fraction of sp³-hybridized carbons (Fsp3) is 0.333. The summed E-state index contributed by atoms with van der Waals surface area (Å²) in [5.74, 6) is 0.832. The number of hydrogen-bond acceptors (Lipinski definition) is 4. The van der Waals surface area contributed by atoms with Gasteiger partial charge in [-0.2, -0.15) is 0 Å². The minimum absolute atomic E-state index is 0.0620. The van der Waals surface area contributed by atoms with Crippen molar-refractivity contribution in [3.63, 3.8) is 0 Å². The van der Waals surface area contributed by atoms with E-state index in [0.29, 0.717) is 0 Å². The first-order valence-corrected chi connectivity index (χ1v) is 6.34. The third kappa shape index (κ3) is 2.92. The zero-order valence-corrected chi connectivity index (χ0v) is 11.1. The number of furan rings is 1. The lowest BCUT2D eigenvalue weighted by Gasteiger charge is -2.15. The summed E-state index contributed by atoms with van der Waals surface area (Å²) in [5, 5.41) is 3.40. The summed E-state index contributed by atoms with van der Waals surface area (Å²) in [6.07, 6.45) is 7.82. The highest BCUT2D eigenvalue weighted by Crippen LogP contribution is 2.28. The summed E-state index contributed by atoms with van der Waals surface area (Å²) in [5.41, 5.74) is 0.858. The normalized spacial score (nSPS) is 12.6. The monoisotopic (exact) mass is 295 g/mol. The molecule has 5 heteroatoms. The third-order valence-corrected chi connectivity index (χ3v) is 3.04. The van der Waals surface area contributed by atoms with Crippen LogP contribution in [-0.4, -0.2) is 16.5 Å². The van der Waals surface area contributed by atoms with Crippen molar-refractivity contribution in [1.29, 1.82) is 0 Å². The standard InChI is InChI=1S/C12H14BrN3O/c1-2-4-16-11(10-8-14-5-6-15-10)12-9(13)3-7-17-12/h3,5-8,11,16H,2,4H2,1H3. The Labute approximate surface area is 109 Å². The molecule has 2 aromatic rings. The maximum absolute atomic E-state index is 5.50. The first-order chi connectivity index (χ1) is 8.33. The van der Waals surface area contributed by atoms with E-state index in [1.807, 2.05) is 6.07 Å². The SMILES string of the molecule is CCCNC(c1cnccn1)c1occc1Br. The van der Waals surface area contributed by atoms with E-state index >= 15 is 0 Å². The molecular formula is C12H14BrN3O. The number of nitrogens with one attached hydrogen (secondary N) is 1. The zero-order chi connectivity index (χ0) is 12.1. The Bertz CT molecular complexity index is 458. The highest BCUT2D eigenvalue weighted by atomic mass is 79.9. The molecule has 4 nitrogen and oxygen atoms in total. The lowest BCUT2D eigenvalue weighted by atomic mass is 10.1. The van der Waals surface area contributed by atoms with Crippen LogP contribution in [0, 0.1) is 0 Å². The van der Waals surface area contributed by atoms with Gasteiger partial charge in [0.15, 0.2) is 0 Å². The summed E-state index contributed by atoms with van der Waals surface area (Å²) in [7, 11) is 0. The number of halogens is 1. The summed E-state index contributed by atoms with van der Waals surface area (Å²) >= 11 is 3.47. The molecule has 0 bridgehead atoms. The Morgan fingerprint density at radius 2 is 2.35 bits per heavy atom. The molecule has 0 aliphatic rings. The highest BCUT2D eigenvalue weighted by Gasteiger charge is 2.20. The minimum Gasteiger partial charge on any atom is -0.466 e. The van der Waals surface area contributed by atoms with Crippen LogP contribution >= 0.6 is 15.9 Å². The predicted octanol–water partition coefficient (Wildman–Crippen LogP) is 2.92. The molecule has 0 radical (unpaired) electrons. The van der Waals surface area contributed by atoms with Crippen molar-refractivity contribution >= 4 is 15.9 Å². The van der Waals surface area contributed by atoms with Crippen molar-refractivity contribution in [1.82, 2.24) is 15.3 Å². The molecule has 2 heterocycles. The molecule has 17 heavy (non-hydrogen) atoms. The number of rotatable bonds is 5. The van der Waals surface area contributed by atoms with Gasteiger partial charge in [-0.3, -0.25) is 9.97 Å². The summed E-state index contributed by atoms with van der Waals surface area (Å²) in [4.78, 5) is 8.42. The van der Waals surface area contributed by atoms with Crippen LogP contribution in [0.2, 0.25) is 0 Å². The summed E-state index contributed by atoms with van der Waals surface area (Å²) in [6.45, 7) is 3.02. The third-order valence-electron chi connectivity index (χ3n) is 2.38.